The van der Waals surface area contributed by atoms with E-state index in [0.29, 0.717) is 22.6 Å². The zero-order valence-electron chi connectivity index (χ0n) is 24.2. The predicted molar refractivity (Wildman–Crippen MR) is 156 cm³/mol. The van der Waals surface area contributed by atoms with Gasteiger partial charge < -0.3 is 21.7 Å². The van der Waals surface area contributed by atoms with Crippen LogP contribution in [0.25, 0.3) is 0 Å². The maximum atomic E-state index is 14.2. The van der Waals surface area contributed by atoms with Gasteiger partial charge in [-0.25, -0.2) is 4.68 Å². The number of carbonyl (C=O) groups excluding carboxylic acids is 3. The summed E-state index contributed by atoms with van der Waals surface area (Å²) in [5.74, 6) is -0.990. The lowest BCUT2D eigenvalue weighted by Gasteiger charge is -2.38. The van der Waals surface area contributed by atoms with Gasteiger partial charge in [0.2, 0.25) is 5.91 Å². The molecule has 9 heteroatoms. The summed E-state index contributed by atoms with van der Waals surface area (Å²) in [6.07, 6.45) is 1.86. The SMILES string of the molecule is CCc1ccc([C@@](CC)(NC(=O)c2c(C)nn3c2N[C@@H](c2ccccc2)CC3(C)C)C(=O)N[C@@H](C)C(N)=O)cc1. The number of amides is 3. The zero-order valence-corrected chi connectivity index (χ0v) is 24.2. The Kier molecular flexibility index (Phi) is 8.05. The van der Waals surface area contributed by atoms with Gasteiger partial charge in [-0.2, -0.15) is 5.10 Å². The van der Waals surface area contributed by atoms with Crippen molar-refractivity contribution in [3.05, 3.63) is 82.5 Å². The maximum absolute atomic E-state index is 14.2. The third-order valence-corrected chi connectivity index (χ3v) is 7.95. The van der Waals surface area contributed by atoms with E-state index in [9.17, 15) is 14.4 Å². The molecule has 2 heterocycles. The van der Waals surface area contributed by atoms with Crippen LogP contribution >= 0.6 is 0 Å². The monoisotopic (exact) mass is 544 g/mol. The van der Waals surface area contributed by atoms with Gasteiger partial charge in [0, 0.05) is 0 Å². The average Bonchev–Trinajstić information content (AvgIpc) is 3.28. The molecule has 1 aromatic heterocycles. The summed E-state index contributed by atoms with van der Waals surface area (Å²) in [6, 6.07) is 16.8. The number of nitrogens with one attached hydrogen (secondary N) is 3. The number of carbonyl (C=O) groups is 3. The van der Waals surface area contributed by atoms with E-state index in [4.69, 9.17) is 10.8 Å². The van der Waals surface area contributed by atoms with Crippen LogP contribution in [0.4, 0.5) is 5.82 Å². The lowest BCUT2D eigenvalue weighted by Crippen LogP contribution is -2.59. The molecular weight excluding hydrogens is 504 g/mol. The minimum Gasteiger partial charge on any atom is -0.368 e. The highest BCUT2D eigenvalue weighted by atomic mass is 16.2. The molecule has 40 heavy (non-hydrogen) atoms. The Morgan fingerprint density at radius 1 is 1.12 bits per heavy atom. The van der Waals surface area contributed by atoms with Crippen LogP contribution in [0, 0.1) is 6.92 Å². The van der Waals surface area contributed by atoms with E-state index in [-0.39, 0.29) is 18.0 Å². The highest BCUT2D eigenvalue weighted by Crippen LogP contribution is 2.41. The molecular formula is C31H40N6O3. The van der Waals surface area contributed by atoms with E-state index in [1.807, 2.05) is 61.0 Å². The highest BCUT2D eigenvalue weighted by Gasteiger charge is 2.44. The van der Waals surface area contributed by atoms with E-state index in [0.717, 1.165) is 24.0 Å². The van der Waals surface area contributed by atoms with Gasteiger partial charge in [0.05, 0.1) is 17.3 Å². The summed E-state index contributed by atoms with van der Waals surface area (Å²) in [4.78, 5) is 39.8. The molecule has 1 aliphatic rings. The highest BCUT2D eigenvalue weighted by molar-refractivity contribution is 6.04. The molecule has 2 aromatic carbocycles. The Morgan fingerprint density at radius 2 is 1.77 bits per heavy atom. The third-order valence-electron chi connectivity index (χ3n) is 7.95. The Labute approximate surface area is 235 Å². The number of nitrogens with zero attached hydrogens (tertiary/aromatic N) is 2. The van der Waals surface area contributed by atoms with E-state index in [1.54, 1.807) is 6.92 Å². The number of anilines is 1. The van der Waals surface area contributed by atoms with Crippen molar-refractivity contribution in [2.45, 2.75) is 84.0 Å². The number of benzene rings is 2. The molecule has 0 bridgehead atoms. The van der Waals surface area contributed by atoms with E-state index in [1.165, 1.54) is 6.92 Å². The molecule has 5 N–H and O–H groups in total. The van der Waals surface area contributed by atoms with Crippen LogP contribution in [0.2, 0.25) is 0 Å². The summed E-state index contributed by atoms with van der Waals surface area (Å²) in [5.41, 5.74) is 7.40. The molecule has 0 fully saturated rings. The Morgan fingerprint density at radius 3 is 2.35 bits per heavy atom. The molecule has 3 aromatic rings. The van der Waals surface area contributed by atoms with E-state index < -0.39 is 29.3 Å². The van der Waals surface area contributed by atoms with Gasteiger partial charge in [-0.1, -0.05) is 68.4 Å². The van der Waals surface area contributed by atoms with Crippen LogP contribution in [-0.4, -0.2) is 33.5 Å². The first-order valence-corrected chi connectivity index (χ1v) is 13.9. The summed E-state index contributed by atoms with van der Waals surface area (Å²) in [7, 11) is 0. The lowest BCUT2D eigenvalue weighted by molar-refractivity contribution is -0.131. The fraction of sp³-hybridized carbons (Fsp3) is 0.419. The van der Waals surface area contributed by atoms with Crippen molar-refractivity contribution >= 4 is 23.5 Å². The first-order valence-electron chi connectivity index (χ1n) is 13.9. The molecule has 0 saturated heterocycles. The standard InChI is InChI=1S/C31H40N6O3/c1-7-21-14-16-23(17-15-21)31(8-2,29(40)33-20(4)26(32)38)35-28(39)25-19(3)36-37-27(25)34-24(18-30(37,5)6)22-12-10-9-11-13-22/h9-17,20,24,34H,7-8,18H2,1-6H3,(H2,32,38)(H,33,40)(H,35,39)/t20-,24+,31+/m0/s1. The van der Waals surface area contributed by atoms with E-state index in [2.05, 4.69) is 41.9 Å². The van der Waals surface area contributed by atoms with Crippen LogP contribution in [0.15, 0.2) is 54.6 Å². The number of aromatic nitrogens is 2. The van der Waals surface area contributed by atoms with Crippen LogP contribution in [0.5, 0.6) is 0 Å². The third kappa shape index (κ3) is 5.33. The van der Waals surface area contributed by atoms with Crippen LogP contribution in [-0.2, 0) is 27.1 Å². The fourth-order valence-electron chi connectivity index (χ4n) is 5.44. The lowest BCUT2D eigenvalue weighted by atomic mass is 9.84. The van der Waals surface area contributed by atoms with Crippen molar-refractivity contribution in [1.82, 2.24) is 20.4 Å². The summed E-state index contributed by atoms with van der Waals surface area (Å²) < 4.78 is 1.87. The minimum absolute atomic E-state index is 0.0245. The predicted octanol–water partition coefficient (Wildman–Crippen LogP) is 4.07. The number of hydrogen-bond donors (Lipinski definition) is 4. The van der Waals surface area contributed by atoms with Crippen molar-refractivity contribution < 1.29 is 14.4 Å². The van der Waals surface area contributed by atoms with Crippen LogP contribution in [0.1, 0.15) is 86.2 Å². The molecule has 4 rings (SSSR count). The summed E-state index contributed by atoms with van der Waals surface area (Å²) >= 11 is 0. The Balaban J connectivity index is 1.77. The zero-order chi connectivity index (χ0) is 29.2. The molecule has 3 atom stereocenters. The van der Waals surface area contributed by atoms with Crippen molar-refractivity contribution in [3.63, 3.8) is 0 Å². The Bertz CT molecular complexity index is 1400. The van der Waals surface area contributed by atoms with Gasteiger partial charge >= 0.3 is 0 Å². The van der Waals surface area contributed by atoms with Crippen molar-refractivity contribution in [2.24, 2.45) is 5.73 Å². The molecule has 1 aliphatic heterocycles. The number of nitrogens with two attached hydrogens (primary N) is 1. The second-order valence-electron chi connectivity index (χ2n) is 11.2. The number of hydrogen-bond acceptors (Lipinski definition) is 5. The van der Waals surface area contributed by atoms with Gasteiger partial charge in [-0.15, -0.1) is 0 Å². The van der Waals surface area contributed by atoms with Crippen LogP contribution < -0.4 is 21.7 Å². The first kappa shape index (κ1) is 28.9. The van der Waals surface area contributed by atoms with E-state index >= 15 is 0 Å². The quantitative estimate of drug-likeness (QED) is 0.323. The molecule has 0 unspecified atom stereocenters. The second kappa shape index (κ2) is 11.2. The van der Waals surface area contributed by atoms with Crippen molar-refractivity contribution in [2.75, 3.05) is 5.32 Å². The molecule has 0 saturated carbocycles. The van der Waals surface area contributed by atoms with Gasteiger partial charge in [-0.05, 0) is 63.6 Å². The molecule has 3 amide bonds. The molecule has 9 nitrogen and oxygen atoms in total. The normalized spacial score (nSPS) is 18.0. The van der Waals surface area contributed by atoms with Crippen molar-refractivity contribution in [3.8, 4) is 0 Å². The summed E-state index contributed by atoms with van der Waals surface area (Å²) in [6.45, 7) is 11.4. The second-order valence-corrected chi connectivity index (χ2v) is 11.2. The number of fused-ring (bicyclic) bond motifs is 1. The largest absolute Gasteiger partial charge is 0.368 e. The van der Waals surface area contributed by atoms with Crippen molar-refractivity contribution in [1.29, 1.82) is 0 Å². The van der Waals surface area contributed by atoms with Gasteiger partial charge in [-0.3, -0.25) is 14.4 Å². The molecule has 0 radical (unpaired) electrons. The molecule has 0 spiro atoms. The van der Waals surface area contributed by atoms with Gasteiger partial charge in [0.1, 0.15) is 23.0 Å². The number of primary amides is 1. The van der Waals surface area contributed by atoms with Gasteiger partial charge in [0.25, 0.3) is 11.8 Å². The molecule has 0 aliphatic carbocycles. The summed E-state index contributed by atoms with van der Waals surface area (Å²) in [5, 5.41) is 14.1. The average molecular weight is 545 g/mol. The minimum atomic E-state index is -1.45. The Hall–Kier alpha value is -4.14. The fourth-order valence-corrected chi connectivity index (χ4v) is 5.44. The molecule has 212 valence electrons. The number of rotatable bonds is 9. The first-order chi connectivity index (χ1) is 18.9. The van der Waals surface area contributed by atoms with Gasteiger partial charge in [0.15, 0.2) is 0 Å². The number of aryl methyl sites for hydroxylation is 2. The smallest absolute Gasteiger partial charge is 0.258 e. The van der Waals surface area contributed by atoms with Crippen LogP contribution in [0.3, 0.4) is 0 Å². The maximum Gasteiger partial charge on any atom is 0.258 e. The topological polar surface area (TPSA) is 131 Å².